The molecule has 3 aliphatic heterocycles. The number of hydrogen-bond acceptors (Lipinski definition) is 8. The third-order valence-electron chi connectivity index (χ3n) is 5.10. The molecule has 162 valence electrons. The lowest BCUT2D eigenvalue weighted by Crippen LogP contribution is -2.65. The van der Waals surface area contributed by atoms with Crippen molar-refractivity contribution in [3.8, 4) is 0 Å². The minimum Gasteiger partial charge on any atom is -0.268 e. The van der Waals surface area contributed by atoms with Gasteiger partial charge in [-0.25, -0.2) is 0 Å². The first-order valence-electron chi connectivity index (χ1n) is 10.2. The minimum absolute atomic E-state index is 0.295. The van der Waals surface area contributed by atoms with Crippen molar-refractivity contribution in [2.45, 2.75) is 45.9 Å². The number of amidine groups is 2. The molecule has 0 aromatic heterocycles. The van der Waals surface area contributed by atoms with E-state index in [9.17, 15) is 0 Å². The van der Waals surface area contributed by atoms with E-state index in [1.54, 1.807) is 23.5 Å². The molecule has 0 saturated heterocycles. The Bertz CT molecular complexity index is 660. The Morgan fingerprint density at radius 2 is 1.14 bits per heavy atom. The van der Waals surface area contributed by atoms with Gasteiger partial charge in [-0.05, 0) is 40.0 Å². The van der Waals surface area contributed by atoms with Crippen LogP contribution < -0.4 is 10.6 Å². The average Bonchev–Trinajstić information content (AvgIpc) is 2.79. The number of thioether (sulfide) groups is 2. The van der Waals surface area contributed by atoms with Gasteiger partial charge in [-0.2, -0.15) is 0 Å². The maximum absolute atomic E-state index is 4.84. The number of nitrogens with zero attached hydrogens (tertiary/aromatic N) is 6. The van der Waals surface area contributed by atoms with Crippen LogP contribution >= 0.6 is 23.5 Å². The molecule has 3 aliphatic rings. The van der Waals surface area contributed by atoms with Crippen molar-refractivity contribution in [2.75, 3.05) is 39.5 Å². The lowest BCUT2D eigenvalue weighted by Gasteiger charge is -2.38. The first-order chi connectivity index (χ1) is 14.0. The molecular weight excluding hydrogens is 404 g/mol. The van der Waals surface area contributed by atoms with Crippen LogP contribution in [0, 0.1) is 0 Å². The summed E-state index contributed by atoms with van der Waals surface area (Å²) in [6, 6.07) is 0. The molecule has 0 unspecified atom stereocenters. The van der Waals surface area contributed by atoms with Gasteiger partial charge in [0.2, 0.25) is 0 Å². The fourth-order valence-electron chi connectivity index (χ4n) is 2.94. The first-order valence-corrected chi connectivity index (χ1v) is 11.9. The van der Waals surface area contributed by atoms with Crippen molar-refractivity contribution in [3.63, 3.8) is 0 Å². The summed E-state index contributed by atoms with van der Waals surface area (Å²) < 4.78 is 3.88. The van der Waals surface area contributed by atoms with E-state index in [0.29, 0.717) is 0 Å². The Labute approximate surface area is 183 Å². The lowest BCUT2D eigenvalue weighted by molar-refractivity contribution is -0.783. The third-order valence-corrected chi connectivity index (χ3v) is 7.84. The molecule has 1 spiro atoms. The van der Waals surface area contributed by atoms with Gasteiger partial charge in [-0.1, -0.05) is 47.3 Å². The molecule has 0 aromatic rings. The molecule has 0 atom stereocenters. The highest BCUT2D eigenvalue weighted by Crippen LogP contribution is 2.53. The first kappa shape index (κ1) is 23.9. The predicted molar refractivity (Wildman–Crippen MR) is 128 cm³/mol. The molecule has 2 N–H and O–H groups in total. The van der Waals surface area contributed by atoms with Crippen LogP contribution in [0.3, 0.4) is 0 Å². The average molecular weight is 441 g/mol. The molecular formula is C19H36N8S2+2. The fraction of sp³-hybridized carbons (Fsp3) is 0.684. The Morgan fingerprint density at radius 3 is 1.45 bits per heavy atom. The second-order valence-corrected chi connectivity index (χ2v) is 9.21. The highest BCUT2D eigenvalue weighted by Gasteiger charge is 2.72. The molecule has 0 saturated carbocycles. The van der Waals surface area contributed by atoms with Gasteiger partial charge in [0, 0.05) is 0 Å². The van der Waals surface area contributed by atoms with Crippen molar-refractivity contribution in [2.24, 2.45) is 10.2 Å². The van der Waals surface area contributed by atoms with Gasteiger partial charge >= 0.3 is 14.7 Å². The molecule has 0 bridgehead atoms. The highest BCUT2D eigenvalue weighted by atomic mass is 32.2. The van der Waals surface area contributed by atoms with Crippen LogP contribution in [0.5, 0.6) is 0 Å². The Hall–Kier alpha value is -1.36. The highest BCUT2D eigenvalue weighted by molar-refractivity contribution is 8.32. The quantitative estimate of drug-likeness (QED) is 0.343. The molecule has 10 heteroatoms. The number of nitrogens with one attached hydrogen (secondary N) is 2. The summed E-state index contributed by atoms with van der Waals surface area (Å²) in [6.45, 7) is 24.6. The van der Waals surface area contributed by atoms with E-state index in [0.717, 1.165) is 61.3 Å². The van der Waals surface area contributed by atoms with Crippen LogP contribution in [0.15, 0.2) is 23.4 Å². The lowest BCUT2D eigenvalue weighted by atomic mass is 10.3. The van der Waals surface area contributed by atoms with Crippen LogP contribution in [-0.2, 0) is 0 Å². The van der Waals surface area contributed by atoms with E-state index in [1.165, 1.54) is 0 Å². The molecule has 8 nitrogen and oxygen atoms in total. The summed E-state index contributed by atoms with van der Waals surface area (Å²) in [5, 5.41) is 18.9. The zero-order valence-electron chi connectivity index (χ0n) is 18.7. The molecule has 0 fully saturated rings. The van der Waals surface area contributed by atoms with Crippen molar-refractivity contribution in [3.05, 3.63) is 13.2 Å². The van der Waals surface area contributed by atoms with E-state index in [2.05, 4.69) is 70.7 Å². The van der Waals surface area contributed by atoms with Gasteiger partial charge in [0.25, 0.3) is 0 Å². The Balaban J connectivity index is 0.00000145. The van der Waals surface area contributed by atoms with Crippen molar-refractivity contribution in [1.29, 1.82) is 0 Å². The second kappa shape index (κ2) is 10.6. The van der Waals surface area contributed by atoms with E-state index in [-0.39, 0.29) is 4.33 Å². The normalized spacial score (nSPS) is 19.2. The van der Waals surface area contributed by atoms with Gasteiger partial charge in [0.05, 0.1) is 23.5 Å². The summed E-state index contributed by atoms with van der Waals surface area (Å²) in [4.78, 5) is 4.70. The molecule has 0 radical (unpaired) electrons. The second-order valence-electron chi connectivity index (χ2n) is 6.63. The van der Waals surface area contributed by atoms with Crippen LogP contribution in [0.4, 0.5) is 0 Å². The number of hydrogen-bond donors (Lipinski definition) is 2. The summed E-state index contributed by atoms with van der Waals surface area (Å²) >= 11 is 3.58. The molecule has 3 rings (SSSR count). The maximum Gasteiger partial charge on any atom is 0.413 e. The monoisotopic (exact) mass is 440 g/mol. The van der Waals surface area contributed by atoms with E-state index < -0.39 is 0 Å². The van der Waals surface area contributed by atoms with E-state index in [1.807, 2.05) is 13.8 Å². The van der Waals surface area contributed by atoms with Crippen molar-refractivity contribution in [1.82, 2.24) is 20.4 Å². The number of hydrazone groups is 2. The topological polar surface area (TPSA) is 61.3 Å². The van der Waals surface area contributed by atoms with Gasteiger partial charge in [-0.15, -0.1) is 13.2 Å². The van der Waals surface area contributed by atoms with Crippen LogP contribution in [-0.4, -0.2) is 84.8 Å². The van der Waals surface area contributed by atoms with Crippen LogP contribution in [0.1, 0.15) is 41.5 Å². The van der Waals surface area contributed by atoms with Crippen molar-refractivity contribution < 1.29 is 9.37 Å². The smallest absolute Gasteiger partial charge is 0.268 e. The third kappa shape index (κ3) is 4.70. The zero-order valence-corrected chi connectivity index (χ0v) is 20.3. The van der Waals surface area contributed by atoms with Crippen LogP contribution in [0.25, 0.3) is 0 Å². The standard InChI is InChI=1S/C17H30N8S2.C2H4/c1-7-22(8-2)11-18-15-24-17(26-15)25(21-14(6)13(5)20-24)16(27-17)19-12-23(9-3)10-4;1-2/h7-12H2,1-6H3;1-2H2/p+2. The van der Waals surface area contributed by atoms with Gasteiger partial charge in [-0.3, -0.25) is 20.4 Å². The van der Waals surface area contributed by atoms with Crippen LogP contribution in [0.2, 0.25) is 0 Å². The molecule has 0 aliphatic carbocycles. The molecule has 0 amide bonds. The van der Waals surface area contributed by atoms with Gasteiger partial charge < -0.3 is 0 Å². The van der Waals surface area contributed by atoms with Crippen molar-refractivity contribution >= 4 is 45.3 Å². The zero-order chi connectivity index (χ0) is 21.6. The van der Waals surface area contributed by atoms with Gasteiger partial charge in [0.15, 0.2) is 0 Å². The molecule has 29 heavy (non-hydrogen) atoms. The Kier molecular flexibility index (Phi) is 8.74. The summed E-state index contributed by atoms with van der Waals surface area (Å²) in [5.74, 6) is 0. The molecule has 0 aromatic carbocycles. The summed E-state index contributed by atoms with van der Waals surface area (Å²) in [5.41, 5.74) is 1.91. The number of rotatable bonds is 8. The van der Waals surface area contributed by atoms with E-state index >= 15 is 0 Å². The summed E-state index contributed by atoms with van der Waals surface area (Å²) in [6.07, 6.45) is 0. The SMILES string of the molecule is C=C.CCN(CC)CNC1=[N+]2N=C(C)C(C)=N[N+]3=C(NCN(CC)CC)SC23S1. The van der Waals surface area contributed by atoms with Gasteiger partial charge in [0.1, 0.15) is 24.8 Å². The Morgan fingerprint density at radius 1 is 0.793 bits per heavy atom. The molecule has 3 heterocycles. The fourth-order valence-corrected chi connectivity index (χ4v) is 5.60. The largest absolute Gasteiger partial charge is 0.413 e. The van der Waals surface area contributed by atoms with E-state index in [4.69, 9.17) is 10.2 Å². The minimum atomic E-state index is -0.295. The summed E-state index contributed by atoms with van der Waals surface area (Å²) in [7, 11) is 0. The maximum atomic E-state index is 4.84. The predicted octanol–water partition coefficient (Wildman–Crippen LogP) is 2.17.